The largest absolute Gasteiger partial charge is 0.486 e. The summed E-state index contributed by atoms with van der Waals surface area (Å²) in [6, 6.07) is 6.25. The van der Waals surface area contributed by atoms with E-state index in [0.717, 1.165) is 28.8 Å². The number of hydrogen-bond acceptors (Lipinski definition) is 2. The number of halogens is 2. The second-order valence-corrected chi connectivity index (χ2v) is 8.18. The van der Waals surface area contributed by atoms with Crippen molar-refractivity contribution < 1.29 is 4.74 Å². The molecule has 2 aromatic rings. The average Bonchev–Trinajstić information content (AvgIpc) is 2.76. The van der Waals surface area contributed by atoms with Gasteiger partial charge >= 0.3 is 0 Å². The van der Waals surface area contributed by atoms with E-state index >= 15 is 0 Å². The molecule has 0 N–H and O–H groups in total. The molecule has 0 spiro atoms. The fourth-order valence-electron chi connectivity index (χ4n) is 2.53. The minimum Gasteiger partial charge on any atom is -0.486 e. The van der Waals surface area contributed by atoms with E-state index in [-0.39, 0.29) is 6.10 Å². The summed E-state index contributed by atoms with van der Waals surface area (Å²) < 4.78 is 5.54. The Morgan fingerprint density at radius 3 is 2.84 bits per heavy atom. The second-order valence-electron chi connectivity index (χ2n) is 5.29. The van der Waals surface area contributed by atoms with E-state index in [1.54, 1.807) is 0 Å². The molecule has 1 aromatic carbocycles. The molecule has 0 amide bonds. The molecule has 4 heteroatoms. The minimum atomic E-state index is -0.561. The van der Waals surface area contributed by atoms with Crippen molar-refractivity contribution in [3.8, 4) is 5.75 Å². The van der Waals surface area contributed by atoms with Gasteiger partial charge in [-0.05, 0) is 32.9 Å². The summed E-state index contributed by atoms with van der Waals surface area (Å²) >= 11 is 9.82. The maximum Gasteiger partial charge on any atom is 0.134 e. The lowest BCUT2D eigenvalue weighted by molar-refractivity contribution is 0.225. The molecular formula is C15H15BrClNO. The lowest BCUT2D eigenvalue weighted by Crippen LogP contribution is -2.31. The standard InChI is InChI=1S/C15H15BrClNO/c1-8-4-5-12-11(6-8)14-10(9(2)18-12)7-13(19-14)15(3,16)17/h4-6,13H,7H2,1-3H3/t13-,15+/m0/s1. The van der Waals surface area contributed by atoms with Crippen molar-refractivity contribution >= 4 is 38.4 Å². The summed E-state index contributed by atoms with van der Waals surface area (Å²) in [4.78, 5) is 4.67. The number of ether oxygens (including phenoxy) is 1. The molecule has 2 nitrogen and oxygen atoms in total. The van der Waals surface area contributed by atoms with Crippen LogP contribution in [-0.2, 0) is 6.42 Å². The van der Waals surface area contributed by atoms with Crippen molar-refractivity contribution in [2.75, 3.05) is 0 Å². The van der Waals surface area contributed by atoms with Gasteiger partial charge in [0.1, 0.15) is 15.6 Å². The lowest BCUT2D eigenvalue weighted by atomic mass is 10.0. The fourth-order valence-corrected chi connectivity index (χ4v) is 2.91. The highest BCUT2D eigenvalue weighted by Crippen LogP contribution is 2.43. The first-order valence-corrected chi connectivity index (χ1v) is 7.47. The van der Waals surface area contributed by atoms with Crippen LogP contribution in [0.15, 0.2) is 18.2 Å². The smallest absolute Gasteiger partial charge is 0.134 e. The normalized spacial score (nSPS) is 21.0. The van der Waals surface area contributed by atoms with E-state index in [2.05, 4.69) is 40.0 Å². The third kappa shape index (κ3) is 2.23. The van der Waals surface area contributed by atoms with Gasteiger partial charge in [-0.15, -0.1) is 11.6 Å². The first-order valence-electron chi connectivity index (χ1n) is 6.30. The van der Waals surface area contributed by atoms with E-state index in [1.165, 1.54) is 11.1 Å². The van der Waals surface area contributed by atoms with Crippen molar-refractivity contribution in [3.05, 3.63) is 35.0 Å². The predicted molar refractivity (Wildman–Crippen MR) is 82.5 cm³/mol. The number of nitrogens with zero attached hydrogens (tertiary/aromatic N) is 1. The molecule has 1 aliphatic rings. The van der Waals surface area contributed by atoms with Gasteiger partial charge < -0.3 is 4.74 Å². The Hall–Kier alpha value is -0.800. The third-order valence-electron chi connectivity index (χ3n) is 3.61. The van der Waals surface area contributed by atoms with Crippen molar-refractivity contribution in [2.45, 2.75) is 37.1 Å². The number of rotatable bonds is 1. The monoisotopic (exact) mass is 339 g/mol. The first kappa shape index (κ1) is 13.2. The summed E-state index contributed by atoms with van der Waals surface area (Å²) in [7, 11) is 0. The number of benzene rings is 1. The number of aryl methyl sites for hydroxylation is 2. The van der Waals surface area contributed by atoms with E-state index < -0.39 is 3.78 Å². The summed E-state index contributed by atoms with van der Waals surface area (Å²) in [5.41, 5.74) is 4.39. The van der Waals surface area contributed by atoms with Crippen LogP contribution in [0.2, 0.25) is 0 Å². The zero-order chi connectivity index (χ0) is 13.8. The van der Waals surface area contributed by atoms with E-state index in [9.17, 15) is 0 Å². The quantitative estimate of drug-likeness (QED) is 0.713. The van der Waals surface area contributed by atoms with Crippen molar-refractivity contribution in [2.24, 2.45) is 0 Å². The molecule has 19 heavy (non-hydrogen) atoms. The van der Waals surface area contributed by atoms with E-state index in [1.807, 2.05) is 19.9 Å². The van der Waals surface area contributed by atoms with Crippen LogP contribution < -0.4 is 4.74 Å². The molecule has 2 heterocycles. The topological polar surface area (TPSA) is 22.1 Å². The maximum absolute atomic E-state index is 6.34. The molecule has 0 aliphatic carbocycles. The zero-order valence-electron chi connectivity index (χ0n) is 11.1. The third-order valence-corrected chi connectivity index (χ3v) is 4.36. The van der Waals surface area contributed by atoms with Crippen LogP contribution in [0.3, 0.4) is 0 Å². The maximum atomic E-state index is 6.34. The van der Waals surface area contributed by atoms with E-state index in [0.29, 0.717) is 0 Å². The number of aromatic nitrogens is 1. The average molecular weight is 341 g/mol. The van der Waals surface area contributed by atoms with Gasteiger partial charge in [-0.3, -0.25) is 4.98 Å². The first-order chi connectivity index (χ1) is 8.86. The molecule has 0 bridgehead atoms. The van der Waals surface area contributed by atoms with Crippen LogP contribution in [0.25, 0.3) is 10.9 Å². The van der Waals surface area contributed by atoms with Crippen molar-refractivity contribution in [3.63, 3.8) is 0 Å². The van der Waals surface area contributed by atoms with Gasteiger partial charge in [0.2, 0.25) is 0 Å². The number of alkyl halides is 2. The Morgan fingerprint density at radius 1 is 1.42 bits per heavy atom. The van der Waals surface area contributed by atoms with Gasteiger partial charge in [0.25, 0.3) is 0 Å². The molecule has 0 saturated heterocycles. The molecule has 2 atom stereocenters. The molecule has 0 radical (unpaired) electrons. The minimum absolute atomic E-state index is 0.0734. The fraction of sp³-hybridized carbons (Fsp3) is 0.400. The summed E-state index contributed by atoms with van der Waals surface area (Å²) in [6.45, 7) is 6.03. The Kier molecular flexibility index (Phi) is 3.02. The molecule has 0 fully saturated rings. The van der Waals surface area contributed by atoms with Crippen LogP contribution in [0.5, 0.6) is 5.75 Å². The molecule has 0 saturated carbocycles. The van der Waals surface area contributed by atoms with Crippen LogP contribution in [-0.4, -0.2) is 14.9 Å². The Labute approximate surface area is 126 Å². The second kappa shape index (κ2) is 4.35. The van der Waals surface area contributed by atoms with Gasteiger partial charge in [-0.25, -0.2) is 0 Å². The molecule has 100 valence electrons. The summed E-state index contributed by atoms with van der Waals surface area (Å²) in [5.74, 6) is 0.947. The lowest BCUT2D eigenvalue weighted by Gasteiger charge is -2.21. The highest BCUT2D eigenvalue weighted by Gasteiger charge is 2.38. The SMILES string of the molecule is Cc1ccc2nc(C)c3c(c2c1)O[C@H]([C@@](C)(Cl)Br)C3. The van der Waals surface area contributed by atoms with Gasteiger partial charge in [-0.1, -0.05) is 27.6 Å². The predicted octanol–water partition coefficient (Wildman–Crippen LogP) is 4.51. The zero-order valence-corrected chi connectivity index (χ0v) is 13.5. The van der Waals surface area contributed by atoms with Gasteiger partial charge in [0.15, 0.2) is 0 Å². The summed E-state index contributed by atoms with van der Waals surface area (Å²) in [5, 5.41) is 1.08. The summed E-state index contributed by atoms with van der Waals surface area (Å²) in [6.07, 6.45) is 0.722. The van der Waals surface area contributed by atoms with Crippen molar-refractivity contribution in [1.82, 2.24) is 4.98 Å². The van der Waals surface area contributed by atoms with Crippen LogP contribution >= 0.6 is 27.5 Å². The molecular weight excluding hydrogens is 326 g/mol. The van der Waals surface area contributed by atoms with Gasteiger partial charge in [-0.2, -0.15) is 0 Å². The van der Waals surface area contributed by atoms with E-state index in [4.69, 9.17) is 16.3 Å². The Bertz CT molecular complexity index is 663. The van der Waals surface area contributed by atoms with Crippen molar-refractivity contribution in [1.29, 1.82) is 0 Å². The highest BCUT2D eigenvalue weighted by molar-refractivity contribution is 9.10. The molecule has 0 unspecified atom stereocenters. The molecule has 3 rings (SSSR count). The number of pyridine rings is 1. The van der Waals surface area contributed by atoms with Crippen LogP contribution in [0.1, 0.15) is 23.7 Å². The van der Waals surface area contributed by atoms with Crippen LogP contribution in [0.4, 0.5) is 0 Å². The Balaban J connectivity index is 2.20. The molecule has 1 aromatic heterocycles. The number of fused-ring (bicyclic) bond motifs is 3. The number of hydrogen-bond donors (Lipinski definition) is 0. The highest BCUT2D eigenvalue weighted by atomic mass is 79.9. The molecule has 1 aliphatic heterocycles. The van der Waals surface area contributed by atoms with Crippen LogP contribution in [0, 0.1) is 13.8 Å². The van der Waals surface area contributed by atoms with Gasteiger partial charge in [0, 0.05) is 23.1 Å². The van der Waals surface area contributed by atoms with Gasteiger partial charge in [0.05, 0.1) is 5.52 Å². The Morgan fingerprint density at radius 2 is 2.16 bits per heavy atom.